The Morgan fingerprint density at radius 3 is 2.62 bits per heavy atom. The summed E-state index contributed by atoms with van der Waals surface area (Å²) >= 11 is 0. The molecule has 0 saturated carbocycles. The Labute approximate surface area is 96.3 Å². The number of carbonyl (C=O) groups excluding carboxylic acids is 1. The summed E-state index contributed by atoms with van der Waals surface area (Å²) in [6.45, 7) is 6.47. The molecule has 0 bridgehead atoms. The van der Waals surface area contributed by atoms with Gasteiger partial charge in [0.15, 0.2) is 5.78 Å². The Bertz CT molecular complexity index is 383. The van der Waals surface area contributed by atoms with Crippen molar-refractivity contribution in [1.82, 2.24) is 9.88 Å². The van der Waals surface area contributed by atoms with Crippen LogP contribution in [0.25, 0.3) is 0 Å². The molecule has 90 valence electrons. The highest BCUT2D eigenvalue weighted by Crippen LogP contribution is 2.17. The number of likely N-dealkylation sites (N-methyl/N-ethyl adjacent to an activating group) is 1. The van der Waals surface area contributed by atoms with Gasteiger partial charge in [-0.1, -0.05) is 0 Å². The first-order chi connectivity index (χ1) is 7.47. The van der Waals surface area contributed by atoms with E-state index in [0.29, 0.717) is 13.1 Å². The van der Waals surface area contributed by atoms with Gasteiger partial charge in [-0.05, 0) is 33.4 Å². The van der Waals surface area contributed by atoms with Crippen LogP contribution >= 0.6 is 0 Å². The molecule has 1 atom stereocenters. The van der Waals surface area contributed by atoms with Crippen LogP contribution in [0, 0.1) is 13.8 Å². The molecular formula is C12H20N2O2. The zero-order chi connectivity index (χ0) is 12.3. The van der Waals surface area contributed by atoms with Crippen molar-refractivity contribution in [3.8, 4) is 0 Å². The van der Waals surface area contributed by atoms with E-state index >= 15 is 0 Å². The van der Waals surface area contributed by atoms with Crippen molar-refractivity contribution < 1.29 is 9.90 Å². The predicted octanol–water partition coefficient (Wildman–Crippen LogP) is 0.888. The van der Waals surface area contributed by atoms with Crippen LogP contribution in [-0.2, 0) is 6.54 Å². The first-order valence-electron chi connectivity index (χ1n) is 5.47. The maximum Gasteiger partial charge on any atom is 0.161 e. The molecule has 0 spiro atoms. The average Bonchev–Trinajstić information content (AvgIpc) is 2.42. The summed E-state index contributed by atoms with van der Waals surface area (Å²) in [7, 11) is 1.80. The van der Waals surface area contributed by atoms with Gasteiger partial charge < -0.3 is 15.0 Å². The Morgan fingerprint density at radius 2 is 2.19 bits per heavy atom. The average molecular weight is 224 g/mol. The van der Waals surface area contributed by atoms with E-state index in [4.69, 9.17) is 0 Å². The number of aryl methyl sites for hydroxylation is 1. The van der Waals surface area contributed by atoms with Crippen LogP contribution < -0.4 is 5.32 Å². The van der Waals surface area contributed by atoms with Gasteiger partial charge in [0.25, 0.3) is 0 Å². The molecule has 0 amide bonds. The normalized spacial score (nSPS) is 12.8. The zero-order valence-corrected chi connectivity index (χ0v) is 10.4. The van der Waals surface area contributed by atoms with Crippen LogP contribution in [0.15, 0.2) is 6.20 Å². The minimum atomic E-state index is -0.435. The van der Waals surface area contributed by atoms with E-state index < -0.39 is 6.10 Å². The summed E-state index contributed by atoms with van der Waals surface area (Å²) in [5, 5.41) is 12.6. The van der Waals surface area contributed by atoms with Gasteiger partial charge in [0.1, 0.15) is 0 Å². The van der Waals surface area contributed by atoms with E-state index in [1.54, 1.807) is 14.0 Å². The summed E-state index contributed by atoms with van der Waals surface area (Å²) < 4.78 is 1.94. The molecule has 0 aliphatic carbocycles. The van der Waals surface area contributed by atoms with Crippen molar-refractivity contribution in [2.24, 2.45) is 0 Å². The number of hydrogen-bond acceptors (Lipinski definition) is 3. The maximum atomic E-state index is 11.4. The van der Waals surface area contributed by atoms with Crippen LogP contribution in [-0.4, -0.2) is 35.2 Å². The second-order valence-corrected chi connectivity index (χ2v) is 4.19. The maximum absolute atomic E-state index is 11.4. The van der Waals surface area contributed by atoms with E-state index in [1.165, 1.54) is 0 Å². The van der Waals surface area contributed by atoms with Gasteiger partial charge in [0.2, 0.25) is 0 Å². The van der Waals surface area contributed by atoms with Crippen molar-refractivity contribution in [3.63, 3.8) is 0 Å². The molecule has 0 fully saturated rings. The molecule has 16 heavy (non-hydrogen) atoms. The Morgan fingerprint density at radius 1 is 1.56 bits per heavy atom. The van der Waals surface area contributed by atoms with E-state index in [9.17, 15) is 9.90 Å². The number of hydrogen-bond donors (Lipinski definition) is 2. The third-order valence-corrected chi connectivity index (χ3v) is 2.74. The third-order valence-electron chi connectivity index (χ3n) is 2.74. The second-order valence-electron chi connectivity index (χ2n) is 4.19. The highest BCUT2D eigenvalue weighted by atomic mass is 16.3. The van der Waals surface area contributed by atoms with Gasteiger partial charge in [-0.15, -0.1) is 0 Å². The Kier molecular flexibility index (Phi) is 4.26. The molecule has 2 N–H and O–H groups in total. The summed E-state index contributed by atoms with van der Waals surface area (Å²) in [5.74, 6) is 0.0804. The van der Waals surface area contributed by atoms with Crippen LogP contribution in [0.1, 0.15) is 28.5 Å². The molecule has 0 saturated heterocycles. The Hall–Kier alpha value is -1.13. The molecule has 0 aliphatic heterocycles. The lowest BCUT2D eigenvalue weighted by molar-refractivity contribution is 0.101. The molecule has 0 radical (unpaired) electrons. The molecule has 1 aromatic rings. The fourth-order valence-corrected chi connectivity index (χ4v) is 2.07. The van der Waals surface area contributed by atoms with E-state index in [2.05, 4.69) is 5.32 Å². The van der Waals surface area contributed by atoms with E-state index in [0.717, 1.165) is 16.8 Å². The third kappa shape index (κ3) is 2.71. The monoisotopic (exact) mass is 224 g/mol. The molecule has 1 aromatic heterocycles. The lowest BCUT2D eigenvalue weighted by Crippen LogP contribution is -2.28. The number of aliphatic hydroxyl groups excluding tert-OH is 1. The van der Waals surface area contributed by atoms with E-state index in [-0.39, 0.29) is 5.78 Å². The summed E-state index contributed by atoms with van der Waals surface area (Å²) in [6, 6.07) is 0. The summed E-state index contributed by atoms with van der Waals surface area (Å²) in [6.07, 6.45) is 1.49. The second kappa shape index (κ2) is 5.27. The number of nitrogens with zero attached hydrogens (tertiary/aromatic N) is 1. The molecule has 1 unspecified atom stereocenters. The van der Waals surface area contributed by atoms with Crippen molar-refractivity contribution in [2.75, 3.05) is 13.6 Å². The number of nitrogens with one attached hydrogen (secondary N) is 1. The van der Waals surface area contributed by atoms with Crippen molar-refractivity contribution in [3.05, 3.63) is 23.0 Å². The molecular weight excluding hydrogens is 204 g/mol. The first-order valence-corrected chi connectivity index (χ1v) is 5.47. The number of Topliss-reactive ketones (excluding diaryl/α,β-unsaturated/α-hetero) is 1. The molecule has 1 heterocycles. The SMILES string of the molecule is CNCC(O)Cn1cc(C)c(C(C)=O)c1C. The largest absolute Gasteiger partial charge is 0.390 e. The van der Waals surface area contributed by atoms with Gasteiger partial charge in [-0.3, -0.25) is 4.79 Å². The Balaban J connectivity index is 2.90. The van der Waals surface area contributed by atoms with Crippen LogP contribution in [0.2, 0.25) is 0 Å². The number of aliphatic hydroxyl groups is 1. The molecule has 0 aromatic carbocycles. The summed E-state index contributed by atoms with van der Waals surface area (Å²) in [5.41, 5.74) is 2.68. The molecule has 4 heteroatoms. The van der Waals surface area contributed by atoms with Crippen LogP contribution in [0.3, 0.4) is 0 Å². The fraction of sp³-hybridized carbons (Fsp3) is 0.583. The highest BCUT2D eigenvalue weighted by Gasteiger charge is 2.14. The van der Waals surface area contributed by atoms with Gasteiger partial charge in [-0.25, -0.2) is 0 Å². The lowest BCUT2D eigenvalue weighted by Gasteiger charge is -2.12. The molecule has 0 aliphatic rings. The highest BCUT2D eigenvalue weighted by molar-refractivity contribution is 5.96. The minimum Gasteiger partial charge on any atom is -0.390 e. The van der Waals surface area contributed by atoms with Crippen molar-refractivity contribution in [1.29, 1.82) is 0 Å². The number of aromatic nitrogens is 1. The fourth-order valence-electron chi connectivity index (χ4n) is 2.07. The van der Waals surface area contributed by atoms with Crippen molar-refractivity contribution >= 4 is 5.78 Å². The molecule has 1 rings (SSSR count). The summed E-state index contributed by atoms with van der Waals surface area (Å²) in [4.78, 5) is 11.4. The lowest BCUT2D eigenvalue weighted by atomic mass is 10.1. The first kappa shape index (κ1) is 12.9. The predicted molar refractivity (Wildman–Crippen MR) is 63.8 cm³/mol. The number of ketones is 1. The van der Waals surface area contributed by atoms with Gasteiger partial charge in [0.05, 0.1) is 6.10 Å². The topological polar surface area (TPSA) is 54.3 Å². The van der Waals surface area contributed by atoms with Gasteiger partial charge >= 0.3 is 0 Å². The molecule has 4 nitrogen and oxygen atoms in total. The van der Waals surface area contributed by atoms with Crippen LogP contribution in [0.4, 0.5) is 0 Å². The minimum absolute atomic E-state index is 0.0804. The van der Waals surface area contributed by atoms with Crippen LogP contribution in [0.5, 0.6) is 0 Å². The van der Waals surface area contributed by atoms with Gasteiger partial charge in [-0.2, -0.15) is 0 Å². The number of carbonyl (C=O) groups is 1. The standard InChI is InChI=1S/C12H20N2O2/c1-8-6-14(7-11(16)5-13-4)9(2)12(8)10(3)15/h6,11,13,16H,5,7H2,1-4H3. The van der Waals surface area contributed by atoms with Crippen molar-refractivity contribution in [2.45, 2.75) is 33.4 Å². The van der Waals surface area contributed by atoms with Gasteiger partial charge in [0, 0.05) is 30.5 Å². The number of rotatable bonds is 5. The smallest absolute Gasteiger partial charge is 0.161 e. The zero-order valence-electron chi connectivity index (χ0n) is 10.4. The van der Waals surface area contributed by atoms with E-state index in [1.807, 2.05) is 24.6 Å². The quantitative estimate of drug-likeness (QED) is 0.730.